The zero-order valence-electron chi connectivity index (χ0n) is 14.3. The number of hydrogen-bond donors (Lipinski definition) is 0. The van der Waals surface area contributed by atoms with Crippen molar-refractivity contribution in [1.29, 1.82) is 0 Å². The van der Waals surface area contributed by atoms with Crippen molar-refractivity contribution in [2.45, 2.75) is 59.8 Å². The van der Waals surface area contributed by atoms with Gasteiger partial charge in [-0.05, 0) is 42.9 Å². The molecule has 1 rings (SSSR count). The number of carbonyl (C=O) groups is 1. The Labute approximate surface area is 134 Å². The zero-order valence-corrected chi connectivity index (χ0v) is 14.3. The molecule has 0 aromatic heterocycles. The highest BCUT2D eigenvalue weighted by Crippen LogP contribution is 2.21. The minimum Gasteiger partial charge on any atom is -0.490 e. The van der Waals surface area contributed by atoms with E-state index in [4.69, 9.17) is 4.74 Å². The number of aryl methyl sites for hydroxylation is 1. The Balaban J connectivity index is 2.36. The first kappa shape index (κ1) is 18.7. The minimum absolute atomic E-state index is 0.137. The molecular formula is C19H29FO2. The molecule has 0 fully saturated rings. The molecule has 22 heavy (non-hydrogen) atoms. The quantitative estimate of drug-likeness (QED) is 0.556. The molecule has 1 aromatic rings. The summed E-state index contributed by atoms with van der Waals surface area (Å²) >= 11 is 0. The first-order valence-corrected chi connectivity index (χ1v) is 8.34. The van der Waals surface area contributed by atoms with E-state index in [-0.39, 0.29) is 11.7 Å². The topological polar surface area (TPSA) is 26.3 Å². The largest absolute Gasteiger partial charge is 0.490 e. The Bertz CT molecular complexity index is 467. The molecule has 3 heteroatoms. The molecule has 0 N–H and O–H groups in total. The van der Waals surface area contributed by atoms with Crippen molar-refractivity contribution in [3.63, 3.8) is 0 Å². The lowest BCUT2D eigenvalue weighted by atomic mass is 10.0. The van der Waals surface area contributed by atoms with Gasteiger partial charge in [0.05, 0.1) is 6.61 Å². The number of Topliss-reactive ketones (excluding diaryl/α,β-unsaturated/α-hetero) is 1. The van der Waals surface area contributed by atoms with E-state index in [0.717, 1.165) is 31.2 Å². The van der Waals surface area contributed by atoms with Gasteiger partial charge in [0.15, 0.2) is 11.6 Å². The number of carbonyl (C=O) groups excluding carboxylic acids is 1. The van der Waals surface area contributed by atoms with E-state index in [1.54, 1.807) is 6.07 Å². The Morgan fingerprint density at radius 1 is 1.14 bits per heavy atom. The van der Waals surface area contributed by atoms with Gasteiger partial charge >= 0.3 is 0 Å². The number of hydrogen-bond acceptors (Lipinski definition) is 2. The van der Waals surface area contributed by atoms with Gasteiger partial charge in [-0.25, -0.2) is 4.39 Å². The van der Waals surface area contributed by atoms with Gasteiger partial charge in [0.1, 0.15) is 5.78 Å². The number of unbranched alkanes of at least 4 members (excludes halogenated alkanes) is 2. The highest BCUT2D eigenvalue weighted by Gasteiger charge is 2.08. The third-order valence-corrected chi connectivity index (χ3v) is 3.60. The van der Waals surface area contributed by atoms with Gasteiger partial charge < -0.3 is 4.74 Å². The third-order valence-electron chi connectivity index (χ3n) is 3.60. The highest BCUT2D eigenvalue weighted by atomic mass is 19.1. The molecule has 0 spiro atoms. The predicted molar refractivity (Wildman–Crippen MR) is 88.8 cm³/mol. The van der Waals surface area contributed by atoms with Crippen LogP contribution in [0.3, 0.4) is 0 Å². The molecule has 0 saturated carbocycles. The van der Waals surface area contributed by atoms with E-state index in [1.807, 2.05) is 33.8 Å². The van der Waals surface area contributed by atoms with Crippen LogP contribution in [0.5, 0.6) is 5.75 Å². The molecule has 0 aliphatic rings. The average Bonchev–Trinajstić information content (AvgIpc) is 2.46. The molecule has 0 heterocycles. The summed E-state index contributed by atoms with van der Waals surface area (Å²) in [6.07, 6.45) is 4.55. The summed E-state index contributed by atoms with van der Waals surface area (Å²) < 4.78 is 19.2. The molecule has 0 radical (unpaired) electrons. The maximum absolute atomic E-state index is 13.7. The normalized spacial score (nSPS) is 11.2. The van der Waals surface area contributed by atoms with Crippen molar-refractivity contribution in [2.75, 3.05) is 6.61 Å². The molecule has 0 amide bonds. The summed E-state index contributed by atoms with van der Waals surface area (Å²) in [6, 6.07) is 5.10. The van der Waals surface area contributed by atoms with Crippen LogP contribution in [0.4, 0.5) is 4.39 Å². The minimum atomic E-state index is -0.299. The number of benzene rings is 1. The predicted octanol–water partition coefficient (Wildman–Crippen LogP) is 5.19. The van der Waals surface area contributed by atoms with Crippen molar-refractivity contribution in [2.24, 2.45) is 11.8 Å². The standard InChI is InChI=1S/C19H29FO2/c1-14(2)13-22-19-12-16(10-11-17(19)20)8-6-5-7-9-18(21)15(3)4/h10-12,14-15H,5-9,13H2,1-4H3. The Kier molecular flexibility index (Phi) is 8.15. The van der Waals surface area contributed by atoms with Crippen LogP contribution >= 0.6 is 0 Å². The Morgan fingerprint density at radius 2 is 1.86 bits per heavy atom. The maximum atomic E-state index is 13.7. The summed E-state index contributed by atoms with van der Waals surface area (Å²) in [7, 11) is 0. The van der Waals surface area contributed by atoms with Gasteiger partial charge in [0.25, 0.3) is 0 Å². The van der Waals surface area contributed by atoms with Crippen LogP contribution < -0.4 is 4.74 Å². The third kappa shape index (κ3) is 7.06. The first-order valence-electron chi connectivity index (χ1n) is 8.34. The lowest BCUT2D eigenvalue weighted by Crippen LogP contribution is -2.06. The second-order valence-corrected chi connectivity index (χ2v) is 6.65. The van der Waals surface area contributed by atoms with E-state index >= 15 is 0 Å². The van der Waals surface area contributed by atoms with E-state index in [0.29, 0.717) is 30.5 Å². The van der Waals surface area contributed by atoms with Gasteiger partial charge in [0, 0.05) is 12.3 Å². The monoisotopic (exact) mass is 308 g/mol. The number of halogens is 1. The van der Waals surface area contributed by atoms with Crippen LogP contribution in [0, 0.1) is 17.7 Å². The van der Waals surface area contributed by atoms with Crippen LogP contribution in [0.1, 0.15) is 58.9 Å². The summed E-state index contributed by atoms with van der Waals surface area (Å²) in [5, 5.41) is 0. The van der Waals surface area contributed by atoms with E-state index < -0.39 is 0 Å². The van der Waals surface area contributed by atoms with Crippen molar-refractivity contribution in [3.8, 4) is 5.75 Å². The number of ketones is 1. The summed E-state index contributed by atoms with van der Waals surface area (Å²) in [6.45, 7) is 8.50. The van der Waals surface area contributed by atoms with Gasteiger partial charge in [-0.3, -0.25) is 4.79 Å². The lowest BCUT2D eigenvalue weighted by Gasteiger charge is -2.11. The van der Waals surface area contributed by atoms with Crippen molar-refractivity contribution in [3.05, 3.63) is 29.6 Å². The molecule has 1 aromatic carbocycles. The van der Waals surface area contributed by atoms with Gasteiger partial charge in [-0.2, -0.15) is 0 Å². The first-order chi connectivity index (χ1) is 10.4. The van der Waals surface area contributed by atoms with E-state index in [2.05, 4.69) is 0 Å². The second kappa shape index (κ2) is 9.60. The smallest absolute Gasteiger partial charge is 0.165 e. The average molecular weight is 308 g/mol. The highest BCUT2D eigenvalue weighted by molar-refractivity contribution is 5.80. The number of ether oxygens (including phenoxy) is 1. The lowest BCUT2D eigenvalue weighted by molar-refractivity contribution is -0.122. The van der Waals surface area contributed by atoms with Gasteiger partial charge in [-0.15, -0.1) is 0 Å². The van der Waals surface area contributed by atoms with Crippen molar-refractivity contribution in [1.82, 2.24) is 0 Å². The van der Waals surface area contributed by atoms with Crippen LogP contribution in [-0.2, 0) is 11.2 Å². The molecule has 0 bridgehead atoms. The number of rotatable bonds is 10. The van der Waals surface area contributed by atoms with E-state index in [9.17, 15) is 9.18 Å². The summed E-state index contributed by atoms with van der Waals surface area (Å²) in [5.74, 6) is 0.901. The van der Waals surface area contributed by atoms with Gasteiger partial charge in [0.2, 0.25) is 0 Å². The molecule has 124 valence electrons. The van der Waals surface area contributed by atoms with Crippen LogP contribution in [0.25, 0.3) is 0 Å². The molecule has 0 aliphatic carbocycles. The van der Waals surface area contributed by atoms with Crippen LogP contribution in [-0.4, -0.2) is 12.4 Å². The molecule has 0 unspecified atom stereocenters. The second-order valence-electron chi connectivity index (χ2n) is 6.65. The van der Waals surface area contributed by atoms with Crippen molar-refractivity contribution < 1.29 is 13.9 Å². The Hall–Kier alpha value is -1.38. The molecule has 0 saturated heterocycles. The van der Waals surface area contributed by atoms with Crippen LogP contribution in [0.2, 0.25) is 0 Å². The molecule has 2 nitrogen and oxygen atoms in total. The SMILES string of the molecule is CC(C)COc1cc(CCCCCC(=O)C(C)C)ccc1F. The summed E-state index contributed by atoms with van der Waals surface area (Å²) in [5.41, 5.74) is 1.09. The Morgan fingerprint density at radius 3 is 2.50 bits per heavy atom. The van der Waals surface area contributed by atoms with Crippen LogP contribution in [0.15, 0.2) is 18.2 Å². The zero-order chi connectivity index (χ0) is 16.5. The van der Waals surface area contributed by atoms with Gasteiger partial charge in [-0.1, -0.05) is 40.2 Å². The maximum Gasteiger partial charge on any atom is 0.165 e. The molecule has 0 aliphatic heterocycles. The fraction of sp³-hybridized carbons (Fsp3) is 0.632. The molecule has 0 atom stereocenters. The fourth-order valence-corrected chi connectivity index (χ4v) is 2.16. The van der Waals surface area contributed by atoms with Crippen molar-refractivity contribution >= 4 is 5.78 Å². The van der Waals surface area contributed by atoms with E-state index in [1.165, 1.54) is 6.07 Å². The fourth-order valence-electron chi connectivity index (χ4n) is 2.16. The summed E-state index contributed by atoms with van der Waals surface area (Å²) in [4.78, 5) is 11.5. The molecular weight excluding hydrogens is 279 g/mol.